The lowest BCUT2D eigenvalue weighted by Crippen LogP contribution is -2.22. The van der Waals surface area contributed by atoms with Gasteiger partial charge in [0, 0.05) is 22.6 Å². The van der Waals surface area contributed by atoms with Gasteiger partial charge in [-0.25, -0.2) is 8.42 Å². The molecular weight excluding hydrogens is 376 g/mol. The molecular formula is C17H13ClN4O3S. The van der Waals surface area contributed by atoms with Gasteiger partial charge in [0.05, 0.1) is 11.4 Å². The van der Waals surface area contributed by atoms with Crippen molar-refractivity contribution in [3.05, 3.63) is 65.0 Å². The van der Waals surface area contributed by atoms with Gasteiger partial charge in [-0.1, -0.05) is 28.9 Å². The number of benzene rings is 2. The smallest absolute Gasteiger partial charge is 0.263 e. The fraction of sp³-hybridized carbons (Fsp3) is 0.118. The normalized spacial score (nSPS) is 16.4. The molecule has 1 aliphatic rings. The zero-order valence-electron chi connectivity index (χ0n) is 13.4. The molecule has 3 aromatic rings. The molecule has 0 saturated heterocycles. The van der Waals surface area contributed by atoms with Gasteiger partial charge in [-0.15, -0.1) is 0 Å². The van der Waals surface area contributed by atoms with E-state index in [0.717, 1.165) is 5.56 Å². The minimum atomic E-state index is -3.53. The molecule has 2 heterocycles. The van der Waals surface area contributed by atoms with Gasteiger partial charge in [0.25, 0.3) is 10.0 Å². The number of halogens is 1. The standard InChI is InChI=1S/C17H13ClN4O3S/c18-12-7-5-11(6-8-12)16-20-15(25-21-16)9-10-19-17-13-3-1-2-4-14(13)26(23,24)22-17/h1-8H,9-10H2,(H,19,22). The van der Waals surface area contributed by atoms with Crippen LogP contribution < -0.4 is 4.72 Å². The number of fused-ring (bicyclic) bond motifs is 1. The van der Waals surface area contributed by atoms with Gasteiger partial charge < -0.3 is 4.52 Å². The summed E-state index contributed by atoms with van der Waals surface area (Å²) in [7, 11) is -3.53. The topological polar surface area (TPSA) is 97.5 Å². The summed E-state index contributed by atoms with van der Waals surface area (Å²) < 4.78 is 31.8. The molecule has 0 unspecified atom stereocenters. The van der Waals surface area contributed by atoms with Crippen LogP contribution in [0.4, 0.5) is 0 Å². The number of amidine groups is 1. The Bertz CT molecular complexity index is 1090. The van der Waals surface area contributed by atoms with Crippen molar-refractivity contribution < 1.29 is 12.9 Å². The molecule has 0 radical (unpaired) electrons. The van der Waals surface area contributed by atoms with E-state index in [1.165, 1.54) is 0 Å². The third kappa shape index (κ3) is 3.21. The van der Waals surface area contributed by atoms with Crippen molar-refractivity contribution in [2.75, 3.05) is 6.54 Å². The first kappa shape index (κ1) is 16.7. The maximum atomic E-state index is 12.0. The number of rotatable bonds is 4. The van der Waals surface area contributed by atoms with E-state index in [2.05, 4.69) is 19.9 Å². The third-order valence-electron chi connectivity index (χ3n) is 3.83. The maximum absolute atomic E-state index is 12.0. The number of nitrogens with one attached hydrogen (secondary N) is 1. The molecule has 0 atom stereocenters. The second-order valence-corrected chi connectivity index (χ2v) is 7.69. The second-order valence-electron chi connectivity index (χ2n) is 5.60. The first-order valence-corrected chi connectivity index (χ1v) is 9.64. The average molecular weight is 389 g/mol. The van der Waals surface area contributed by atoms with E-state index in [4.69, 9.17) is 16.1 Å². The molecule has 132 valence electrons. The van der Waals surface area contributed by atoms with Crippen LogP contribution in [0, 0.1) is 0 Å². The van der Waals surface area contributed by atoms with Crippen LogP contribution in [0.5, 0.6) is 0 Å². The summed E-state index contributed by atoms with van der Waals surface area (Å²) in [4.78, 5) is 8.89. The highest BCUT2D eigenvalue weighted by molar-refractivity contribution is 7.90. The van der Waals surface area contributed by atoms with Crippen molar-refractivity contribution in [2.24, 2.45) is 4.99 Å². The van der Waals surface area contributed by atoms with Gasteiger partial charge in [-0.3, -0.25) is 9.71 Å². The van der Waals surface area contributed by atoms with E-state index in [9.17, 15) is 8.42 Å². The van der Waals surface area contributed by atoms with Gasteiger partial charge in [0.2, 0.25) is 11.7 Å². The molecule has 1 aromatic heterocycles. The summed E-state index contributed by atoms with van der Waals surface area (Å²) >= 11 is 5.86. The summed E-state index contributed by atoms with van der Waals surface area (Å²) in [6.45, 7) is 0.314. The SMILES string of the molecule is O=S1(=O)NC(=NCCc2nc(-c3ccc(Cl)cc3)no2)c2ccccc21. The summed E-state index contributed by atoms with van der Waals surface area (Å²) in [5.74, 6) is 1.22. The van der Waals surface area contributed by atoms with Gasteiger partial charge in [-0.2, -0.15) is 4.98 Å². The van der Waals surface area contributed by atoms with Crippen LogP contribution in [0.15, 0.2) is 62.9 Å². The first-order chi connectivity index (χ1) is 12.5. The van der Waals surface area contributed by atoms with Crippen LogP contribution in [-0.4, -0.2) is 30.9 Å². The Morgan fingerprint density at radius 1 is 1.12 bits per heavy atom. The predicted octanol–water partition coefficient (Wildman–Crippen LogP) is 2.67. The van der Waals surface area contributed by atoms with E-state index >= 15 is 0 Å². The van der Waals surface area contributed by atoms with Crippen LogP contribution >= 0.6 is 11.6 Å². The Hall–Kier alpha value is -2.71. The number of aromatic nitrogens is 2. The highest BCUT2D eigenvalue weighted by Gasteiger charge is 2.29. The van der Waals surface area contributed by atoms with Gasteiger partial charge in [-0.05, 0) is 36.4 Å². The van der Waals surface area contributed by atoms with Crippen molar-refractivity contribution in [1.82, 2.24) is 14.9 Å². The van der Waals surface area contributed by atoms with Crippen molar-refractivity contribution in [3.63, 3.8) is 0 Å². The van der Waals surface area contributed by atoms with Crippen LogP contribution in [0.1, 0.15) is 11.5 Å². The molecule has 0 bridgehead atoms. The molecule has 0 saturated carbocycles. The molecule has 26 heavy (non-hydrogen) atoms. The van der Waals surface area contributed by atoms with E-state index in [0.29, 0.717) is 41.1 Å². The lowest BCUT2D eigenvalue weighted by atomic mass is 10.2. The molecule has 1 N–H and O–H groups in total. The quantitative estimate of drug-likeness (QED) is 0.741. The van der Waals surface area contributed by atoms with Crippen molar-refractivity contribution in [2.45, 2.75) is 11.3 Å². The minimum absolute atomic E-state index is 0.238. The number of hydrogen-bond acceptors (Lipinski definition) is 6. The van der Waals surface area contributed by atoms with E-state index in [1.54, 1.807) is 48.5 Å². The van der Waals surface area contributed by atoms with Crippen LogP contribution in [0.2, 0.25) is 5.02 Å². The Balaban J connectivity index is 1.48. The number of aliphatic imine (C=N–C) groups is 1. The Kier molecular flexibility index (Phi) is 4.21. The molecule has 9 heteroatoms. The maximum Gasteiger partial charge on any atom is 0.263 e. The predicted molar refractivity (Wildman–Crippen MR) is 96.6 cm³/mol. The van der Waals surface area contributed by atoms with Crippen molar-refractivity contribution in [3.8, 4) is 11.4 Å². The van der Waals surface area contributed by atoms with Crippen molar-refractivity contribution in [1.29, 1.82) is 0 Å². The largest absolute Gasteiger partial charge is 0.339 e. The van der Waals surface area contributed by atoms with Gasteiger partial charge in [0.1, 0.15) is 5.84 Å². The molecule has 4 rings (SSSR count). The van der Waals surface area contributed by atoms with Crippen LogP contribution in [0.25, 0.3) is 11.4 Å². The zero-order valence-corrected chi connectivity index (χ0v) is 15.0. The average Bonchev–Trinajstić information content (AvgIpc) is 3.19. The summed E-state index contributed by atoms with van der Waals surface area (Å²) in [5, 5.41) is 4.57. The number of sulfonamides is 1. The molecule has 2 aromatic carbocycles. The first-order valence-electron chi connectivity index (χ1n) is 7.78. The van der Waals surface area contributed by atoms with E-state index < -0.39 is 10.0 Å². The summed E-state index contributed by atoms with van der Waals surface area (Å²) in [6, 6.07) is 13.8. The Morgan fingerprint density at radius 2 is 1.88 bits per heavy atom. The molecule has 0 fully saturated rings. The van der Waals surface area contributed by atoms with Gasteiger partial charge >= 0.3 is 0 Å². The highest BCUT2D eigenvalue weighted by Crippen LogP contribution is 2.22. The highest BCUT2D eigenvalue weighted by atomic mass is 35.5. The Morgan fingerprint density at radius 3 is 2.69 bits per heavy atom. The second kappa shape index (κ2) is 6.54. The number of hydrogen-bond donors (Lipinski definition) is 1. The van der Waals surface area contributed by atoms with Gasteiger partial charge in [0.15, 0.2) is 0 Å². The van der Waals surface area contributed by atoms with Crippen molar-refractivity contribution >= 4 is 27.5 Å². The minimum Gasteiger partial charge on any atom is -0.339 e. The fourth-order valence-electron chi connectivity index (χ4n) is 2.59. The molecule has 7 nitrogen and oxygen atoms in total. The fourth-order valence-corrected chi connectivity index (χ4v) is 3.96. The lowest BCUT2D eigenvalue weighted by molar-refractivity contribution is 0.380. The lowest BCUT2D eigenvalue weighted by Gasteiger charge is -1.97. The van der Waals surface area contributed by atoms with Crippen LogP contribution in [0.3, 0.4) is 0 Å². The summed E-state index contributed by atoms with van der Waals surface area (Å²) in [6.07, 6.45) is 0.397. The molecule has 0 spiro atoms. The summed E-state index contributed by atoms with van der Waals surface area (Å²) in [5.41, 5.74) is 1.37. The Labute approximate surface area is 154 Å². The number of nitrogens with zero attached hydrogens (tertiary/aromatic N) is 3. The molecule has 0 amide bonds. The third-order valence-corrected chi connectivity index (χ3v) is 5.48. The van der Waals surface area contributed by atoms with Crippen LogP contribution in [-0.2, 0) is 16.4 Å². The monoisotopic (exact) mass is 388 g/mol. The molecule has 0 aliphatic carbocycles. The molecule has 1 aliphatic heterocycles. The zero-order chi connectivity index (χ0) is 18.1. The van der Waals surface area contributed by atoms with E-state index in [1.807, 2.05) is 0 Å². The van der Waals surface area contributed by atoms with E-state index in [-0.39, 0.29) is 4.90 Å².